The van der Waals surface area contributed by atoms with Gasteiger partial charge < -0.3 is 20.1 Å². The summed E-state index contributed by atoms with van der Waals surface area (Å²) in [4.78, 5) is 10.6. The van der Waals surface area contributed by atoms with Gasteiger partial charge in [0.25, 0.3) is 0 Å². The predicted octanol–water partition coefficient (Wildman–Crippen LogP) is 2.48. The van der Waals surface area contributed by atoms with E-state index in [1.165, 1.54) is 12.1 Å². The number of rotatable bonds is 3. The minimum absolute atomic E-state index is 0.216. The molecule has 0 unspecified atom stereocenters. The van der Waals surface area contributed by atoms with E-state index in [1.54, 1.807) is 13.2 Å². The zero-order chi connectivity index (χ0) is 17.1. The van der Waals surface area contributed by atoms with E-state index in [4.69, 9.17) is 15.2 Å². The smallest absolute Gasteiger partial charge is 0.222 e. The average molecular weight is 332 g/mol. The second-order valence-electron chi connectivity index (χ2n) is 5.75. The van der Waals surface area contributed by atoms with Gasteiger partial charge in [0.2, 0.25) is 5.95 Å². The van der Waals surface area contributed by atoms with Gasteiger partial charge in [-0.2, -0.15) is 4.98 Å². The highest BCUT2D eigenvalue weighted by molar-refractivity contribution is 5.49. The van der Waals surface area contributed by atoms with Crippen molar-refractivity contribution >= 4 is 11.8 Å². The normalized spacial score (nSPS) is 18.3. The van der Waals surface area contributed by atoms with Crippen molar-refractivity contribution in [1.82, 2.24) is 9.97 Å². The largest absolute Gasteiger partial charge is 0.496 e. The second kappa shape index (κ2) is 7.00. The number of aromatic nitrogens is 2. The van der Waals surface area contributed by atoms with Crippen LogP contribution < -0.4 is 15.4 Å². The molecule has 1 aliphatic rings. The highest BCUT2D eigenvalue weighted by atomic mass is 19.1. The van der Waals surface area contributed by atoms with E-state index in [1.807, 2.05) is 13.0 Å². The number of ether oxygens (including phenoxy) is 2. The van der Waals surface area contributed by atoms with Gasteiger partial charge in [0.1, 0.15) is 17.4 Å². The van der Waals surface area contributed by atoms with Crippen LogP contribution in [0.3, 0.4) is 0 Å². The number of halogens is 1. The third kappa shape index (κ3) is 3.41. The molecule has 24 heavy (non-hydrogen) atoms. The Bertz CT molecular complexity index is 705. The van der Waals surface area contributed by atoms with Crippen molar-refractivity contribution in [2.75, 3.05) is 37.5 Å². The summed E-state index contributed by atoms with van der Waals surface area (Å²) in [6.45, 7) is 3.65. The summed E-state index contributed by atoms with van der Waals surface area (Å²) < 4.78 is 25.0. The van der Waals surface area contributed by atoms with Crippen molar-refractivity contribution in [3.63, 3.8) is 0 Å². The number of aryl methyl sites for hydroxylation is 1. The first kappa shape index (κ1) is 16.4. The van der Waals surface area contributed by atoms with E-state index in [9.17, 15) is 4.39 Å². The molecule has 1 aromatic heterocycles. The fraction of sp³-hybridized carbons (Fsp3) is 0.412. The lowest BCUT2D eigenvalue weighted by molar-refractivity contribution is 0.133. The quantitative estimate of drug-likeness (QED) is 0.931. The number of nitrogens with two attached hydrogens (primary N) is 1. The van der Waals surface area contributed by atoms with Crippen LogP contribution in [0.4, 0.5) is 16.2 Å². The molecule has 0 radical (unpaired) electrons. The zero-order valence-corrected chi connectivity index (χ0v) is 13.8. The Balaban J connectivity index is 2.06. The molecule has 1 aliphatic heterocycles. The first-order chi connectivity index (χ1) is 11.6. The van der Waals surface area contributed by atoms with Crippen LogP contribution in [0.25, 0.3) is 0 Å². The Labute approximate surface area is 140 Å². The maximum Gasteiger partial charge on any atom is 0.222 e. The van der Waals surface area contributed by atoms with Gasteiger partial charge in [0, 0.05) is 30.5 Å². The lowest BCUT2D eigenvalue weighted by Gasteiger charge is -2.31. The summed E-state index contributed by atoms with van der Waals surface area (Å²) in [6.07, 6.45) is 0.844. The van der Waals surface area contributed by atoms with Crippen molar-refractivity contribution in [2.24, 2.45) is 0 Å². The Kier molecular flexibility index (Phi) is 4.80. The molecule has 1 saturated heterocycles. The van der Waals surface area contributed by atoms with Gasteiger partial charge in [-0.25, -0.2) is 9.37 Å². The highest BCUT2D eigenvalue weighted by Gasteiger charge is 2.28. The molecule has 0 bridgehead atoms. The number of nitrogens with zero attached hydrogens (tertiary/aromatic N) is 3. The Morgan fingerprint density at radius 2 is 2.17 bits per heavy atom. The molecule has 1 atom stereocenters. The van der Waals surface area contributed by atoms with Crippen LogP contribution in [0, 0.1) is 12.7 Å². The van der Waals surface area contributed by atoms with Crippen molar-refractivity contribution in [3.05, 3.63) is 41.3 Å². The molecular formula is C17H21FN4O2. The molecular weight excluding hydrogens is 311 g/mol. The summed E-state index contributed by atoms with van der Waals surface area (Å²) in [5, 5.41) is 0. The molecule has 7 heteroatoms. The predicted molar refractivity (Wildman–Crippen MR) is 89.7 cm³/mol. The minimum Gasteiger partial charge on any atom is -0.496 e. The second-order valence-corrected chi connectivity index (χ2v) is 5.75. The fourth-order valence-corrected chi connectivity index (χ4v) is 3.00. The molecule has 1 fully saturated rings. The van der Waals surface area contributed by atoms with Gasteiger partial charge in [-0.15, -0.1) is 0 Å². The molecule has 0 saturated carbocycles. The van der Waals surface area contributed by atoms with Gasteiger partial charge in [0.15, 0.2) is 0 Å². The number of nitrogen functional groups attached to an aromatic ring is 1. The van der Waals surface area contributed by atoms with Crippen LogP contribution in [-0.2, 0) is 4.74 Å². The summed E-state index contributed by atoms with van der Waals surface area (Å²) >= 11 is 0. The van der Waals surface area contributed by atoms with Gasteiger partial charge in [-0.05, 0) is 31.5 Å². The van der Waals surface area contributed by atoms with E-state index >= 15 is 0 Å². The number of hydrogen-bond donors (Lipinski definition) is 1. The molecule has 1 aromatic carbocycles. The van der Waals surface area contributed by atoms with E-state index in [0.29, 0.717) is 24.8 Å². The highest BCUT2D eigenvalue weighted by Crippen LogP contribution is 2.34. The van der Waals surface area contributed by atoms with Gasteiger partial charge >= 0.3 is 0 Å². The molecule has 2 heterocycles. The maximum atomic E-state index is 13.8. The molecule has 128 valence electrons. The zero-order valence-electron chi connectivity index (χ0n) is 13.8. The minimum atomic E-state index is -0.312. The first-order valence-electron chi connectivity index (χ1n) is 7.87. The lowest BCUT2D eigenvalue weighted by Crippen LogP contribution is -2.32. The van der Waals surface area contributed by atoms with Crippen LogP contribution in [0.5, 0.6) is 5.75 Å². The van der Waals surface area contributed by atoms with E-state index < -0.39 is 0 Å². The molecule has 0 aliphatic carbocycles. The van der Waals surface area contributed by atoms with Crippen molar-refractivity contribution < 1.29 is 13.9 Å². The third-order valence-corrected chi connectivity index (χ3v) is 4.04. The van der Waals surface area contributed by atoms with Crippen LogP contribution in [-0.4, -0.2) is 36.8 Å². The van der Waals surface area contributed by atoms with Crippen molar-refractivity contribution in [2.45, 2.75) is 19.4 Å². The van der Waals surface area contributed by atoms with E-state index in [-0.39, 0.29) is 17.8 Å². The summed E-state index contributed by atoms with van der Waals surface area (Å²) in [7, 11) is 1.57. The first-order valence-corrected chi connectivity index (χ1v) is 7.87. The van der Waals surface area contributed by atoms with Crippen LogP contribution in [0.2, 0.25) is 0 Å². The molecule has 2 N–H and O–H groups in total. The molecule has 2 aromatic rings. The van der Waals surface area contributed by atoms with Crippen LogP contribution in [0.1, 0.15) is 23.7 Å². The Hall–Kier alpha value is -2.41. The average Bonchev–Trinajstić information content (AvgIpc) is 2.79. The van der Waals surface area contributed by atoms with Crippen molar-refractivity contribution in [1.29, 1.82) is 0 Å². The standard InChI is InChI=1S/C17H21FN4O2/c1-11-8-16(21-17(19)20-11)22-6-3-7-24-10-14(22)13-9-12(18)4-5-15(13)23-2/h4-5,8-9,14H,3,6-7,10H2,1-2H3,(H2,19,20,21)/t14-/m1/s1. The maximum absolute atomic E-state index is 13.8. The number of anilines is 2. The van der Waals surface area contributed by atoms with Gasteiger partial charge in [-0.1, -0.05) is 0 Å². The van der Waals surface area contributed by atoms with Gasteiger partial charge in [-0.3, -0.25) is 0 Å². The summed E-state index contributed by atoms with van der Waals surface area (Å²) in [5.74, 6) is 1.24. The van der Waals surface area contributed by atoms with Crippen LogP contribution in [0.15, 0.2) is 24.3 Å². The molecule has 6 nitrogen and oxygen atoms in total. The number of benzene rings is 1. The van der Waals surface area contributed by atoms with E-state index in [2.05, 4.69) is 14.9 Å². The Morgan fingerprint density at radius 1 is 1.33 bits per heavy atom. The monoisotopic (exact) mass is 332 g/mol. The lowest BCUT2D eigenvalue weighted by atomic mass is 10.0. The number of hydrogen-bond acceptors (Lipinski definition) is 6. The summed E-state index contributed by atoms with van der Waals surface area (Å²) in [6, 6.07) is 6.17. The molecule has 0 spiro atoms. The van der Waals surface area contributed by atoms with Crippen molar-refractivity contribution in [3.8, 4) is 5.75 Å². The third-order valence-electron chi connectivity index (χ3n) is 4.04. The SMILES string of the molecule is COc1ccc(F)cc1[C@H]1COCCCN1c1cc(C)nc(N)n1. The van der Waals surface area contributed by atoms with E-state index in [0.717, 1.165) is 24.2 Å². The molecule has 0 amide bonds. The summed E-state index contributed by atoms with van der Waals surface area (Å²) in [5.41, 5.74) is 7.32. The topological polar surface area (TPSA) is 73.5 Å². The van der Waals surface area contributed by atoms with Gasteiger partial charge in [0.05, 0.1) is 19.8 Å². The number of methoxy groups -OCH3 is 1. The molecule has 3 rings (SSSR count). The van der Waals surface area contributed by atoms with Crippen LogP contribution >= 0.6 is 0 Å². The Morgan fingerprint density at radius 3 is 2.92 bits per heavy atom. The fourth-order valence-electron chi connectivity index (χ4n) is 3.00.